The molecule has 0 aromatic carbocycles. The summed E-state index contributed by atoms with van der Waals surface area (Å²) in [6, 6.07) is -0.740. The van der Waals surface area contributed by atoms with Crippen LogP contribution in [0.15, 0.2) is 0 Å². The summed E-state index contributed by atoms with van der Waals surface area (Å²) < 4.78 is 38.8. The van der Waals surface area contributed by atoms with E-state index in [2.05, 4.69) is 0 Å². The molecule has 0 bridgehead atoms. The van der Waals surface area contributed by atoms with Crippen molar-refractivity contribution in [1.82, 2.24) is 0 Å². The molecule has 0 amide bonds. The Morgan fingerprint density at radius 3 is 2.05 bits per heavy atom. The van der Waals surface area contributed by atoms with E-state index < -0.39 is 34.1 Å². The Kier molecular flexibility index (Phi) is 7.54. The maximum absolute atomic E-state index is 13.4. The monoisotopic (exact) mass is 353 g/mol. The van der Waals surface area contributed by atoms with Crippen LogP contribution in [-0.4, -0.2) is 38.9 Å². The Balaban J connectivity index is 0.00000361. The number of aliphatic carboxylic acids is 1. The van der Waals surface area contributed by atoms with Crippen molar-refractivity contribution < 1.29 is 23.1 Å². The fourth-order valence-electron chi connectivity index (χ4n) is 2.29. The van der Waals surface area contributed by atoms with E-state index in [1.54, 1.807) is 0 Å². The van der Waals surface area contributed by atoms with Crippen molar-refractivity contribution in [3.05, 3.63) is 0 Å². The maximum Gasteiger partial charge on any atom is 0.394 e. The molecule has 0 radical (unpaired) electrons. The molecule has 20 heavy (non-hydrogen) atoms. The van der Waals surface area contributed by atoms with Crippen LogP contribution in [0.4, 0.5) is 13.2 Å². The minimum Gasteiger partial charge on any atom is -0.481 e. The number of halogens is 4. The molecular formula is C11H19ClF3NO2S2. The molecule has 1 saturated heterocycles. The highest BCUT2D eigenvalue weighted by Gasteiger charge is 2.60. The highest BCUT2D eigenvalue weighted by molar-refractivity contribution is 8.18. The van der Waals surface area contributed by atoms with E-state index in [-0.39, 0.29) is 12.4 Å². The Bertz CT molecular complexity index is 336. The summed E-state index contributed by atoms with van der Waals surface area (Å²) in [6.07, 6.45) is -3.77. The molecule has 0 aliphatic carbocycles. The molecule has 1 heterocycles. The van der Waals surface area contributed by atoms with Crippen LogP contribution < -0.4 is 5.73 Å². The first-order valence-electron chi connectivity index (χ1n) is 5.96. The van der Waals surface area contributed by atoms with E-state index in [4.69, 9.17) is 10.8 Å². The zero-order chi connectivity index (χ0) is 14.8. The Hall–Kier alpha value is 0.210. The summed E-state index contributed by atoms with van der Waals surface area (Å²) >= 11 is 2.31. The number of carboxylic acid groups (broad SMARTS) is 1. The van der Waals surface area contributed by atoms with E-state index in [0.717, 1.165) is 36.9 Å². The largest absolute Gasteiger partial charge is 0.481 e. The summed E-state index contributed by atoms with van der Waals surface area (Å²) in [5, 5.41) is 8.98. The van der Waals surface area contributed by atoms with Gasteiger partial charge in [-0.2, -0.15) is 13.2 Å². The van der Waals surface area contributed by atoms with Crippen LogP contribution in [0.2, 0.25) is 0 Å². The van der Waals surface area contributed by atoms with Crippen molar-refractivity contribution in [3.8, 4) is 0 Å². The number of thioether (sulfide) groups is 2. The lowest BCUT2D eigenvalue weighted by Crippen LogP contribution is -2.56. The van der Waals surface area contributed by atoms with Gasteiger partial charge in [0.2, 0.25) is 0 Å². The molecule has 3 unspecified atom stereocenters. The van der Waals surface area contributed by atoms with Gasteiger partial charge in [0, 0.05) is 6.04 Å². The molecule has 120 valence electrons. The van der Waals surface area contributed by atoms with Gasteiger partial charge in [0.05, 0.1) is 15.9 Å². The minimum atomic E-state index is -4.58. The van der Waals surface area contributed by atoms with Crippen LogP contribution in [0, 0.1) is 11.8 Å². The second-order valence-electron chi connectivity index (χ2n) is 4.71. The molecule has 1 aliphatic heterocycles. The van der Waals surface area contributed by atoms with Crippen LogP contribution in [0.1, 0.15) is 20.3 Å². The summed E-state index contributed by atoms with van der Waals surface area (Å²) in [7, 11) is 0. The topological polar surface area (TPSA) is 63.3 Å². The Morgan fingerprint density at radius 1 is 1.30 bits per heavy atom. The molecule has 1 fully saturated rings. The smallest absolute Gasteiger partial charge is 0.394 e. The number of carbonyl (C=O) groups is 1. The van der Waals surface area contributed by atoms with Crippen LogP contribution >= 0.6 is 35.9 Å². The highest BCUT2D eigenvalue weighted by atomic mass is 35.5. The Morgan fingerprint density at radius 2 is 1.75 bits per heavy atom. The molecule has 1 rings (SSSR count). The first kappa shape index (κ1) is 20.2. The van der Waals surface area contributed by atoms with E-state index in [9.17, 15) is 18.0 Å². The molecule has 0 aromatic heterocycles. The summed E-state index contributed by atoms with van der Waals surface area (Å²) in [6.45, 7) is 2.64. The molecule has 3 nitrogen and oxygen atoms in total. The van der Waals surface area contributed by atoms with E-state index in [1.165, 1.54) is 6.92 Å². The molecular weight excluding hydrogens is 335 g/mol. The van der Waals surface area contributed by atoms with Crippen molar-refractivity contribution in [2.45, 2.75) is 36.6 Å². The predicted molar refractivity (Wildman–Crippen MR) is 79.5 cm³/mol. The van der Waals surface area contributed by atoms with Gasteiger partial charge in [-0.25, -0.2) is 0 Å². The Labute approximate surface area is 131 Å². The van der Waals surface area contributed by atoms with Crippen molar-refractivity contribution in [2.75, 3.05) is 11.5 Å². The quantitative estimate of drug-likeness (QED) is 0.812. The number of carboxylic acids is 1. The summed E-state index contributed by atoms with van der Waals surface area (Å²) in [4.78, 5) is 11.0. The number of hydrogen-bond donors (Lipinski definition) is 2. The van der Waals surface area contributed by atoms with Crippen LogP contribution in [-0.2, 0) is 4.79 Å². The molecule has 9 heteroatoms. The van der Waals surface area contributed by atoms with Crippen molar-refractivity contribution in [1.29, 1.82) is 0 Å². The van der Waals surface area contributed by atoms with Gasteiger partial charge < -0.3 is 10.8 Å². The van der Waals surface area contributed by atoms with Gasteiger partial charge >= 0.3 is 12.1 Å². The third-order valence-corrected chi connectivity index (χ3v) is 7.10. The van der Waals surface area contributed by atoms with Gasteiger partial charge in [0.1, 0.15) is 0 Å². The number of hydrogen-bond acceptors (Lipinski definition) is 4. The standard InChI is InChI=1S/C11H18F3NO2S2.ClH/c1-6(9(16)17)8(11(12,13)14)10(7(2)15)18-4-3-5-19-10;/h6-8H,3-5,15H2,1-2H3,(H,16,17);1H. The molecule has 0 aromatic rings. The van der Waals surface area contributed by atoms with Gasteiger partial charge in [0.15, 0.2) is 0 Å². The average Bonchev–Trinajstić information content (AvgIpc) is 2.28. The van der Waals surface area contributed by atoms with Gasteiger partial charge in [-0.15, -0.1) is 35.9 Å². The van der Waals surface area contributed by atoms with Crippen molar-refractivity contribution in [3.63, 3.8) is 0 Å². The van der Waals surface area contributed by atoms with Gasteiger partial charge in [0.25, 0.3) is 0 Å². The zero-order valence-corrected chi connectivity index (χ0v) is 13.6. The summed E-state index contributed by atoms with van der Waals surface area (Å²) in [5.41, 5.74) is 5.80. The third-order valence-electron chi connectivity index (χ3n) is 3.25. The van der Waals surface area contributed by atoms with E-state index in [0.29, 0.717) is 11.5 Å². The van der Waals surface area contributed by atoms with Crippen LogP contribution in [0.25, 0.3) is 0 Å². The normalized spacial score (nSPS) is 23.3. The fraction of sp³-hybridized carbons (Fsp3) is 0.909. The highest BCUT2D eigenvalue weighted by Crippen LogP contribution is 2.56. The summed E-state index contributed by atoms with van der Waals surface area (Å²) in [5.74, 6) is -3.74. The number of alkyl halides is 3. The fourth-order valence-corrected chi connectivity index (χ4v) is 6.08. The molecule has 1 aliphatic rings. The molecule has 3 atom stereocenters. The zero-order valence-electron chi connectivity index (χ0n) is 11.1. The minimum absolute atomic E-state index is 0. The lowest BCUT2D eigenvalue weighted by atomic mass is 9.86. The van der Waals surface area contributed by atoms with Gasteiger partial charge in [-0.1, -0.05) is 6.92 Å². The lowest BCUT2D eigenvalue weighted by molar-refractivity contribution is -0.198. The second-order valence-corrected chi connectivity index (χ2v) is 7.71. The SMILES string of the molecule is CC(C(=O)O)C(C(F)(F)F)C1(C(C)N)SCCCS1.Cl. The van der Waals surface area contributed by atoms with Crippen molar-refractivity contribution in [2.24, 2.45) is 17.6 Å². The maximum atomic E-state index is 13.4. The molecule has 3 N–H and O–H groups in total. The number of rotatable bonds is 4. The molecule has 0 saturated carbocycles. The first-order chi connectivity index (χ1) is 8.63. The van der Waals surface area contributed by atoms with E-state index in [1.807, 2.05) is 0 Å². The van der Waals surface area contributed by atoms with Crippen LogP contribution in [0.5, 0.6) is 0 Å². The van der Waals surface area contributed by atoms with Gasteiger partial charge in [-0.05, 0) is 24.9 Å². The second kappa shape index (κ2) is 7.47. The third kappa shape index (κ3) is 4.11. The predicted octanol–water partition coefficient (Wildman–Crippen LogP) is 3.22. The van der Waals surface area contributed by atoms with Crippen LogP contribution in [0.3, 0.4) is 0 Å². The van der Waals surface area contributed by atoms with Gasteiger partial charge in [-0.3, -0.25) is 4.79 Å². The average molecular weight is 354 g/mol. The number of nitrogens with two attached hydrogens (primary N) is 1. The van der Waals surface area contributed by atoms with Crippen molar-refractivity contribution >= 4 is 41.9 Å². The molecule has 0 spiro atoms. The lowest BCUT2D eigenvalue weighted by Gasteiger charge is -2.46. The first-order valence-corrected chi connectivity index (χ1v) is 7.93. The van der Waals surface area contributed by atoms with E-state index >= 15 is 0 Å².